The van der Waals surface area contributed by atoms with E-state index in [0.717, 1.165) is 11.7 Å². The first-order chi connectivity index (χ1) is 6.61. The van der Waals surface area contributed by atoms with E-state index < -0.39 is 0 Å². The van der Waals surface area contributed by atoms with Gasteiger partial charge in [0.25, 0.3) is 0 Å². The van der Waals surface area contributed by atoms with E-state index in [4.69, 9.17) is 21.7 Å². The van der Waals surface area contributed by atoms with Gasteiger partial charge in [-0.2, -0.15) is 0 Å². The average Bonchev–Trinajstić information content (AvgIpc) is 2.14. The SMILES string of the molecule is COCCN(C)C(=S)NC(C)COC. The molecule has 0 fully saturated rings. The van der Waals surface area contributed by atoms with Crippen molar-refractivity contribution in [3.05, 3.63) is 0 Å². The minimum atomic E-state index is 0.234. The Morgan fingerprint density at radius 2 is 2.07 bits per heavy atom. The van der Waals surface area contributed by atoms with E-state index in [2.05, 4.69) is 5.32 Å². The number of hydrogen-bond acceptors (Lipinski definition) is 3. The van der Waals surface area contributed by atoms with Crippen LogP contribution >= 0.6 is 12.2 Å². The lowest BCUT2D eigenvalue weighted by molar-refractivity contribution is 0.173. The molecule has 84 valence electrons. The van der Waals surface area contributed by atoms with Crippen molar-refractivity contribution in [1.82, 2.24) is 10.2 Å². The number of ether oxygens (including phenoxy) is 2. The molecule has 0 aromatic heterocycles. The molecule has 0 bridgehead atoms. The van der Waals surface area contributed by atoms with Crippen LogP contribution in [0, 0.1) is 0 Å². The Hall–Kier alpha value is -0.390. The van der Waals surface area contributed by atoms with Crippen LogP contribution in [0.5, 0.6) is 0 Å². The summed E-state index contributed by atoms with van der Waals surface area (Å²) < 4.78 is 9.96. The highest BCUT2D eigenvalue weighted by molar-refractivity contribution is 7.80. The molecule has 0 aromatic carbocycles. The van der Waals surface area contributed by atoms with Gasteiger partial charge in [-0.3, -0.25) is 0 Å². The van der Waals surface area contributed by atoms with Crippen LogP contribution in [0.4, 0.5) is 0 Å². The van der Waals surface area contributed by atoms with Gasteiger partial charge >= 0.3 is 0 Å². The molecule has 1 unspecified atom stereocenters. The molecule has 0 aromatic rings. The Bertz CT molecular complexity index is 167. The summed E-state index contributed by atoms with van der Waals surface area (Å²) in [6.07, 6.45) is 0. The fourth-order valence-corrected chi connectivity index (χ4v) is 1.23. The minimum Gasteiger partial charge on any atom is -0.383 e. The molecule has 0 aliphatic heterocycles. The van der Waals surface area contributed by atoms with Crippen LogP contribution in [-0.2, 0) is 9.47 Å². The normalized spacial score (nSPS) is 12.3. The van der Waals surface area contributed by atoms with Gasteiger partial charge in [-0.05, 0) is 19.1 Å². The summed E-state index contributed by atoms with van der Waals surface area (Å²) in [6, 6.07) is 0.234. The second-order valence-corrected chi connectivity index (χ2v) is 3.61. The van der Waals surface area contributed by atoms with Crippen LogP contribution in [-0.4, -0.2) is 57.1 Å². The van der Waals surface area contributed by atoms with E-state index in [0.29, 0.717) is 13.2 Å². The molecule has 4 nitrogen and oxygen atoms in total. The standard InChI is InChI=1S/C9H20N2O2S/c1-8(7-13-4)10-9(14)11(2)5-6-12-3/h8H,5-7H2,1-4H3,(H,10,14). The first kappa shape index (κ1) is 13.6. The van der Waals surface area contributed by atoms with Gasteiger partial charge in [0.15, 0.2) is 5.11 Å². The third kappa shape index (κ3) is 6.12. The first-order valence-electron chi connectivity index (χ1n) is 4.61. The summed E-state index contributed by atoms with van der Waals surface area (Å²) in [5, 5.41) is 3.89. The van der Waals surface area contributed by atoms with Gasteiger partial charge in [-0.1, -0.05) is 0 Å². The zero-order valence-corrected chi connectivity index (χ0v) is 10.2. The Morgan fingerprint density at radius 3 is 2.57 bits per heavy atom. The zero-order valence-electron chi connectivity index (χ0n) is 9.37. The molecule has 0 aliphatic carbocycles. The van der Waals surface area contributed by atoms with Crippen molar-refractivity contribution in [2.24, 2.45) is 0 Å². The molecule has 0 saturated carbocycles. The van der Waals surface area contributed by atoms with E-state index in [9.17, 15) is 0 Å². The summed E-state index contributed by atoms with van der Waals surface area (Å²) in [4.78, 5) is 1.95. The predicted octanol–water partition coefficient (Wildman–Crippen LogP) is 0.474. The van der Waals surface area contributed by atoms with E-state index in [1.807, 2.05) is 18.9 Å². The topological polar surface area (TPSA) is 33.7 Å². The number of hydrogen-bond donors (Lipinski definition) is 1. The smallest absolute Gasteiger partial charge is 0.169 e. The molecule has 0 heterocycles. The van der Waals surface area contributed by atoms with E-state index in [1.165, 1.54) is 0 Å². The van der Waals surface area contributed by atoms with Gasteiger partial charge in [0.2, 0.25) is 0 Å². The molecule has 0 radical (unpaired) electrons. The molecule has 1 N–H and O–H groups in total. The molecule has 0 rings (SSSR count). The average molecular weight is 220 g/mol. The van der Waals surface area contributed by atoms with Gasteiger partial charge in [0.05, 0.1) is 13.2 Å². The fraction of sp³-hybridized carbons (Fsp3) is 0.889. The van der Waals surface area contributed by atoms with Crippen molar-refractivity contribution < 1.29 is 9.47 Å². The molecule has 5 heteroatoms. The number of nitrogens with zero attached hydrogens (tertiary/aromatic N) is 1. The van der Waals surface area contributed by atoms with Crippen LogP contribution in [0.1, 0.15) is 6.92 Å². The van der Waals surface area contributed by atoms with Crippen molar-refractivity contribution in [2.75, 3.05) is 41.0 Å². The molecular formula is C9H20N2O2S. The first-order valence-corrected chi connectivity index (χ1v) is 5.02. The third-order valence-electron chi connectivity index (χ3n) is 1.76. The number of nitrogens with one attached hydrogen (secondary N) is 1. The van der Waals surface area contributed by atoms with E-state index in [1.54, 1.807) is 14.2 Å². The third-order valence-corrected chi connectivity index (χ3v) is 2.19. The maximum atomic E-state index is 5.18. The van der Waals surface area contributed by atoms with Crippen LogP contribution in [0.15, 0.2) is 0 Å². The van der Waals surface area contributed by atoms with Crippen LogP contribution < -0.4 is 5.32 Å². The maximum Gasteiger partial charge on any atom is 0.169 e. The van der Waals surface area contributed by atoms with Crippen LogP contribution in [0.3, 0.4) is 0 Å². The highest BCUT2D eigenvalue weighted by atomic mass is 32.1. The van der Waals surface area contributed by atoms with Gasteiger partial charge in [0.1, 0.15) is 0 Å². The number of likely N-dealkylation sites (N-methyl/N-ethyl adjacent to an activating group) is 1. The second-order valence-electron chi connectivity index (χ2n) is 3.22. The quantitative estimate of drug-likeness (QED) is 0.658. The molecule has 14 heavy (non-hydrogen) atoms. The van der Waals surface area contributed by atoms with Gasteiger partial charge < -0.3 is 19.7 Å². The highest BCUT2D eigenvalue weighted by Crippen LogP contribution is 1.89. The second kappa shape index (κ2) is 7.96. The molecule has 0 saturated heterocycles. The highest BCUT2D eigenvalue weighted by Gasteiger charge is 2.07. The molecule has 1 atom stereocenters. The number of methoxy groups -OCH3 is 2. The van der Waals surface area contributed by atoms with E-state index >= 15 is 0 Å². The largest absolute Gasteiger partial charge is 0.383 e. The van der Waals surface area contributed by atoms with Crippen molar-refractivity contribution in [1.29, 1.82) is 0 Å². The zero-order chi connectivity index (χ0) is 11.0. The molecule has 0 aliphatic rings. The Balaban J connectivity index is 3.71. The lowest BCUT2D eigenvalue weighted by atomic mass is 10.4. The fourth-order valence-electron chi connectivity index (χ4n) is 0.942. The van der Waals surface area contributed by atoms with Crippen molar-refractivity contribution in [3.8, 4) is 0 Å². The van der Waals surface area contributed by atoms with Crippen molar-refractivity contribution in [3.63, 3.8) is 0 Å². The van der Waals surface area contributed by atoms with E-state index in [-0.39, 0.29) is 6.04 Å². The predicted molar refractivity (Wildman–Crippen MR) is 61.6 cm³/mol. The van der Waals surface area contributed by atoms with Crippen molar-refractivity contribution in [2.45, 2.75) is 13.0 Å². The van der Waals surface area contributed by atoms with Crippen LogP contribution in [0.25, 0.3) is 0 Å². The summed E-state index contributed by atoms with van der Waals surface area (Å²) in [5.74, 6) is 0. The lowest BCUT2D eigenvalue weighted by Gasteiger charge is -2.23. The number of thiocarbonyl (C=S) groups is 1. The summed E-state index contributed by atoms with van der Waals surface area (Å²) in [5.41, 5.74) is 0. The Morgan fingerprint density at radius 1 is 1.43 bits per heavy atom. The lowest BCUT2D eigenvalue weighted by Crippen LogP contribution is -2.44. The maximum absolute atomic E-state index is 5.18. The number of rotatable bonds is 6. The van der Waals surface area contributed by atoms with Crippen molar-refractivity contribution >= 4 is 17.3 Å². The molecule has 0 amide bonds. The molecule has 0 spiro atoms. The summed E-state index contributed by atoms with van der Waals surface area (Å²) in [6.45, 7) is 4.15. The Kier molecular flexibility index (Phi) is 7.74. The molecular weight excluding hydrogens is 200 g/mol. The van der Waals surface area contributed by atoms with Crippen LogP contribution in [0.2, 0.25) is 0 Å². The van der Waals surface area contributed by atoms with Gasteiger partial charge in [0, 0.05) is 33.9 Å². The summed E-state index contributed by atoms with van der Waals surface area (Å²) in [7, 11) is 5.29. The summed E-state index contributed by atoms with van der Waals surface area (Å²) >= 11 is 5.18. The minimum absolute atomic E-state index is 0.234. The Labute approximate surface area is 91.6 Å². The van der Waals surface area contributed by atoms with Gasteiger partial charge in [-0.15, -0.1) is 0 Å². The monoisotopic (exact) mass is 220 g/mol. The van der Waals surface area contributed by atoms with Gasteiger partial charge in [-0.25, -0.2) is 0 Å².